The predicted molar refractivity (Wildman–Crippen MR) is 87.6 cm³/mol. The van der Waals surface area contributed by atoms with Gasteiger partial charge in [0.25, 0.3) is 0 Å². The second-order valence-electron chi connectivity index (χ2n) is 4.05. The molecule has 1 heterocycles. The minimum Gasteiger partial charge on any atom is -0.383 e. The van der Waals surface area contributed by atoms with Gasteiger partial charge in [0.1, 0.15) is 0 Å². The summed E-state index contributed by atoms with van der Waals surface area (Å²) in [5, 5.41) is 7.72. The zero-order chi connectivity index (χ0) is 13.7. The summed E-state index contributed by atoms with van der Waals surface area (Å²) >= 11 is 5.77. The monoisotopic (exact) mass is 435 g/mol. The van der Waals surface area contributed by atoms with Gasteiger partial charge in [-0.25, -0.2) is 4.68 Å². The third kappa shape index (κ3) is 4.27. The van der Waals surface area contributed by atoms with Crippen molar-refractivity contribution in [1.29, 1.82) is 0 Å². The Bertz CT molecular complexity index is 544. The molecule has 0 aliphatic carbocycles. The second kappa shape index (κ2) is 7.37. The summed E-state index contributed by atoms with van der Waals surface area (Å²) in [6, 6.07) is 6.23. The fourth-order valence-corrected chi connectivity index (χ4v) is 2.47. The van der Waals surface area contributed by atoms with Crippen molar-refractivity contribution in [3.05, 3.63) is 44.2 Å². The Labute approximate surface area is 134 Å². The smallest absolute Gasteiger partial charge is 0.0702 e. The van der Waals surface area contributed by atoms with E-state index in [0.717, 1.165) is 26.8 Å². The molecule has 6 heteroatoms. The van der Waals surface area contributed by atoms with E-state index in [4.69, 9.17) is 4.74 Å². The van der Waals surface area contributed by atoms with Crippen molar-refractivity contribution in [1.82, 2.24) is 15.1 Å². The lowest BCUT2D eigenvalue weighted by molar-refractivity contribution is 0.199. The van der Waals surface area contributed by atoms with Crippen LogP contribution in [0.2, 0.25) is 0 Å². The molecule has 0 saturated carbocycles. The van der Waals surface area contributed by atoms with Crippen LogP contribution in [0.1, 0.15) is 5.56 Å². The van der Waals surface area contributed by atoms with E-state index in [1.165, 1.54) is 5.56 Å². The first-order valence-corrected chi connectivity index (χ1v) is 7.76. The van der Waals surface area contributed by atoms with Crippen molar-refractivity contribution in [3.8, 4) is 5.69 Å². The highest BCUT2D eigenvalue weighted by Gasteiger charge is 2.07. The minimum atomic E-state index is 0.714. The third-order valence-electron chi connectivity index (χ3n) is 2.64. The number of hydrogen-bond acceptors (Lipinski definition) is 3. The van der Waals surface area contributed by atoms with Crippen molar-refractivity contribution in [3.63, 3.8) is 0 Å². The van der Waals surface area contributed by atoms with Gasteiger partial charge in [-0.15, -0.1) is 0 Å². The lowest BCUT2D eigenvalue weighted by Crippen LogP contribution is -2.19. The highest BCUT2D eigenvalue weighted by atomic mass is 127. The van der Waals surface area contributed by atoms with Gasteiger partial charge in [-0.05, 0) is 40.3 Å². The number of aromatic nitrogens is 2. The van der Waals surface area contributed by atoms with Crippen molar-refractivity contribution in [2.24, 2.45) is 0 Å². The fourth-order valence-electron chi connectivity index (χ4n) is 1.73. The van der Waals surface area contributed by atoms with E-state index in [1.54, 1.807) is 7.11 Å². The maximum Gasteiger partial charge on any atom is 0.0702 e. The Morgan fingerprint density at radius 1 is 1.47 bits per heavy atom. The summed E-state index contributed by atoms with van der Waals surface area (Å²) in [6.45, 7) is 2.34. The van der Waals surface area contributed by atoms with Crippen molar-refractivity contribution < 1.29 is 4.74 Å². The van der Waals surface area contributed by atoms with Gasteiger partial charge in [0.05, 0.1) is 22.1 Å². The van der Waals surface area contributed by atoms with Gasteiger partial charge in [0.15, 0.2) is 0 Å². The second-order valence-corrected chi connectivity index (χ2v) is 6.21. The normalized spacial score (nSPS) is 10.9. The number of ether oxygens (including phenoxy) is 1. The van der Waals surface area contributed by atoms with Crippen LogP contribution in [0.5, 0.6) is 0 Å². The summed E-state index contributed by atoms with van der Waals surface area (Å²) in [5.74, 6) is 0. The average Bonchev–Trinajstić information content (AvgIpc) is 2.82. The summed E-state index contributed by atoms with van der Waals surface area (Å²) in [4.78, 5) is 0. The maximum atomic E-state index is 5.03. The Kier molecular flexibility index (Phi) is 5.80. The number of methoxy groups -OCH3 is 1. The molecule has 2 aromatic rings. The maximum absolute atomic E-state index is 5.03. The van der Waals surface area contributed by atoms with Gasteiger partial charge in [0, 0.05) is 30.9 Å². The van der Waals surface area contributed by atoms with E-state index >= 15 is 0 Å². The molecule has 102 valence electrons. The first-order chi connectivity index (χ1) is 9.20. The minimum absolute atomic E-state index is 0.714. The van der Waals surface area contributed by atoms with E-state index in [1.807, 2.05) is 23.1 Å². The average molecular weight is 436 g/mol. The molecule has 0 saturated heterocycles. The highest BCUT2D eigenvalue weighted by Crippen LogP contribution is 2.20. The molecular formula is C13H15BrIN3O. The summed E-state index contributed by atoms with van der Waals surface area (Å²) in [7, 11) is 1.71. The molecule has 19 heavy (non-hydrogen) atoms. The van der Waals surface area contributed by atoms with E-state index in [2.05, 4.69) is 61.1 Å². The summed E-state index contributed by atoms with van der Waals surface area (Å²) in [5.41, 5.74) is 2.29. The molecule has 1 aromatic carbocycles. The zero-order valence-corrected chi connectivity index (χ0v) is 14.3. The molecule has 0 fully saturated rings. The van der Waals surface area contributed by atoms with Gasteiger partial charge in [0.2, 0.25) is 0 Å². The zero-order valence-electron chi connectivity index (χ0n) is 10.6. The van der Waals surface area contributed by atoms with Crippen LogP contribution in [-0.2, 0) is 11.3 Å². The first kappa shape index (κ1) is 15.0. The van der Waals surface area contributed by atoms with Crippen LogP contribution in [0.15, 0.2) is 35.1 Å². The molecule has 0 aliphatic heterocycles. The fraction of sp³-hybridized carbons (Fsp3) is 0.308. The van der Waals surface area contributed by atoms with Crippen LogP contribution in [0, 0.1) is 3.57 Å². The number of hydrogen-bond donors (Lipinski definition) is 1. The van der Waals surface area contributed by atoms with Crippen LogP contribution in [0.25, 0.3) is 5.69 Å². The number of nitrogens with one attached hydrogen (secondary N) is 1. The molecular weight excluding hydrogens is 421 g/mol. The van der Waals surface area contributed by atoms with Crippen LogP contribution >= 0.6 is 38.5 Å². The quantitative estimate of drug-likeness (QED) is 0.560. The van der Waals surface area contributed by atoms with Crippen molar-refractivity contribution in [2.45, 2.75) is 6.54 Å². The lowest BCUT2D eigenvalue weighted by Gasteiger charge is -2.11. The number of halogens is 2. The highest BCUT2D eigenvalue weighted by molar-refractivity contribution is 14.1. The topological polar surface area (TPSA) is 39.1 Å². The third-order valence-corrected chi connectivity index (χ3v) is 3.69. The van der Waals surface area contributed by atoms with Crippen LogP contribution in [-0.4, -0.2) is 30.0 Å². The summed E-state index contributed by atoms with van der Waals surface area (Å²) in [6.07, 6.45) is 3.87. The Morgan fingerprint density at radius 2 is 2.32 bits per heavy atom. The van der Waals surface area contributed by atoms with Gasteiger partial charge in [-0.2, -0.15) is 5.10 Å². The van der Waals surface area contributed by atoms with E-state index in [9.17, 15) is 0 Å². The molecule has 0 spiro atoms. The van der Waals surface area contributed by atoms with Crippen molar-refractivity contribution in [2.75, 3.05) is 20.3 Å². The molecule has 0 radical (unpaired) electrons. The number of benzene rings is 1. The number of rotatable bonds is 6. The molecule has 0 unspecified atom stereocenters. The summed E-state index contributed by atoms with van der Waals surface area (Å²) < 4.78 is 9.10. The molecule has 0 aliphatic rings. The van der Waals surface area contributed by atoms with Gasteiger partial charge in [-0.3, -0.25) is 0 Å². The van der Waals surface area contributed by atoms with E-state index < -0.39 is 0 Å². The van der Waals surface area contributed by atoms with Gasteiger partial charge in [-0.1, -0.05) is 22.0 Å². The van der Waals surface area contributed by atoms with Crippen molar-refractivity contribution >= 4 is 38.5 Å². The van der Waals surface area contributed by atoms with Gasteiger partial charge >= 0.3 is 0 Å². The molecule has 1 aromatic heterocycles. The van der Waals surface area contributed by atoms with Crippen LogP contribution in [0.4, 0.5) is 0 Å². The lowest BCUT2D eigenvalue weighted by atomic mass is 10.2. The van der Waals surface area contributed by atoms with Crippen LogP contribution in [0.3, 0.4) is 0 Å². The van der Waals surface area contributed by atoms with E-state index in [0.29, 0.717) is 6.61 Å². The molecule has 0 amide bonds. The standard InChI is InChI=1S/C13H15BrIN3O/c1-19-5-4-16-7-10-2-3-11(14)6-13(10)18-9-12(15)8-17-18/h2-3,6,8-9,16H,4-5,7H2,1H3. The van der Waals surface area contributed by atoms with E-state index in [-0.39, 0.29) is 0 Å². The van der Waals surface area contributed by atoms with Gasteiger partial charge < -0.3 is 10.1 Å². The predicted octanol–water partition coefficient (Wildman–Crippen LogP) is 2.98. The van der Waals surface area contributed by atoms with Crippen LogP contribution < -0.4 is 5.32 Å². The first-order valence-electron chi connectivity index (χ1n) is 5.89. The SMILES string of the molecule is COCCNCc1ccc(Br)cc1-n1cc(I)cn1. The Balaban J connectivity index is 2.18. The molecule has 0 bridgehead atoms. The Morgan fingerprint density at radius 3 is 3.00 bits per heavy atom. The molecule has 2 rings (SSSR count). The molecule has 4 nitrogen and oxygen atoms in total. The number of nitrogens with zero attached hydrogens (tertiary/aromatic N) is 2. The Hall–Kier alpha value is -0.440. The largest absolute Gasteiger partial charge is 0.383 e. The molecule has 1 N–H and O–H groups in total. The molecule has 0 atom stereocenters.